The number of esters is 2. The Bertz CT molecular complexity index is 1720. The summed E-state index contributed by atoms with van der Waals surface area (Å²) in [7, 11) is -10.9. The van der Waals surface area contributed by atoms with Gasteiger partial charge in [0.05, 0.1) is 25.4 Å². The molecule has 0 aromatic carbocycles. The lowest BCUT2D eigenvalue weighted by molar-refractivity contribution is -0.161. The zero-order valence-electron chi connectivity index (χ0n) is 40.4. The van der Waals surface area contributed by atoms with Gasteiger partial charge in [-0.1, -0.05) is 142 Å². The summed E-state index contributed by atoms with van der Waals surface area (Å²) in [5.41, 5.74) is 4.57. The monoisotopic (exact) mass is 1010 g/mol. The highest BCUT2D eigenvalue weighted by Gasteiger charge is 2.46. The molecule has 22 heteroatoms. The third-order valence-electron chi connectivity index (χ3n) is 11.6. The first kappa shape index (κ1) is 61.5. The summed E-state index contributed by atoms with van der Waals surface area (Å²) in [5, 5.41) is 41.4. The summed E-state index contributed by atoms with van der Waals surface area (Å²) in [5.74, 6) is -1.41. The number of anilines is 1. The second-order valence-electron chi connectivity index (χ2n) is 17.6. The zero-order valence-corrected chi connectivity index (χ0v) is 42.2. The zero-order chi connectivity index (χ0) is 50.2. The van der Waals surface area contributed by atoms with Gasteiger partial charge in [0.1, 0.15) is 30.7 Å². The fraction of sp³-hybridized carbons (Fsp3) is 0.826. The van der Waals surface area contributed by atoms with Crippen molar-refractivity contribution in [3.05, 3.63) is 34.9 Å². The maximum atomic E-state index is 12.8. The van der Waals surface area contributed by atoms with Crippen molar-refractivity contribution in [3.63, 3.8) is 0 Å². The van der Waals surface area contributed by atoms with Crippen LogP contribution in [0.15, 0.2) is 29.2 Å². The summed E-state index contributed by atoms with van der Waals surface area (Å²) in [6.45, 7) is 1.95. The molecule has 2 heterocycles. The molecule has 1 aromatic rings. The van der Waals surface area contributed by atoms with Crippen LogP contribution in [0, 0.1) is 0 Å². The van der Waals surface area contributed by atoms with Crippen LogP contribution in [-0.2, 0) is 46.3 Å². The quantitative estimate of drug-likeness (QED) is 0.0144. The second-order valence-corrected chi connectivity index (χ2v) is 20.7. The molecule has 0 bridgehead atoms. The third kappa shape index (κ3) is 27.7. The number of unbranched alkanes of at least 4 members (excludes halogenated alkanes) is 19. The minimum Gasteiger partial charge on any atom is -0.462 e. The van der Waals surface area contributed by atoms with Gasteiger partial charge >= 0.3 is 33.3 Å². The highest BCUT2D eigenvalue weighted by atomic mass is 31.3. The van der Waals surface area contributed by atoms with Crippen molar-refractivity contribution < 1.29 is 76.5 Å². The van der Waals surface area contributed by atoms with Crippen molar-refractivity contribution >= 4 is 33.4 Å². The van der Waals surface area contributed by atoms with Crippen LogP contribution in [0.2, 0.25) is 0 Å². The molecule has 1 saturated heterocycles. The lowest BCUT2D eigenvalue weighted by Gasteiger charge is -2.21. The van der Waals surface area contributed by atoms with Gasteiger partial charge in [0.2, 0.25) is 0 Å². The first-order valence-electron chi connectivity index (χ1n) is 24.9. The van der Waals surface area contributed by atoms with Crippen LogP contribution in [-0.4, -0.2) is 108 Å². The maximum Gasteiger partial charge on any atom is 0.481 e. The van der Waals surface area contributed by atoms with Crippen LogP contribution in [0.1, 0.15) is 187 Å². The van der Waals surface area contributed by atoms with E-state index in [2.05, 4.69) is 23.1 Å². The van der Waals surface area contributed by atoms with Crippen molar-refractivity contribution in [2.24, 2.45) is 0 Å². The van der Waals surface area contributed by atoms with Crippen LogP contribution < -0.4 is 11.4 Å². The summed E-state index contributed by atoms with van der Waals surface area (Å²) in [6, 6.07) is 1.24. The molecule has 0 radical (unpaired) electrons. The van der Waals surface area contributed by atoms with Crippen LogP contribution >= 0.6 is 15.6 Å². The van der Waals surface area contributed by atoms with Gasteiger partial charge in [0.25, 0.3) is 0 Å². The molecule has 0 saturated carbocycles. The molecule has 2 unspecified atom stereocenters. The van der Waals surface area contributed by atoms with E-state index in [1.807, 2.05) is 12.2 Å². The predicted octanol–water partition coefficient (Wildman–Crippen LogP) is 7.61. The number of allylic oxidation sites excluding steroid dienone is 1. The fourth-order valence-corrected chi connectivity index (χ4v) is 9.62. The number of nitrogen functional groups attached to an aromatic ring is 1. The summed E-state index contributed by atoms with van der Waals surface area (Å²) >= 11 is 0. The van der Waals surface area contributed by atoms with Gasteiger partial charge in [-0.05, 0) is 44.6 Å². The summed E-state index contributed by atoms with van der Waals surface area (Å²) < 4.78 is 56.6. The number of hydrogen-bond donors (Lipinski definition) is 7. The number of carbonyl (C=O) groups is 2. The molecule has 1 aliphatic heterocycles. The van der Waals surface area contributed by atoms with E-state index in [-0.39, 0.29) is 18.7 Å². The Balaban J connectivity index is 1.83. The fourth-order valence-electron chi connectivity index (χ4n) is 7.51. The topological polar surface area (TPSA) is 306 Å². The van der Waals surface area contributed by atoms with Crippen molar-refractivity contribution in [2.75, 3.05) is 25.6 Å². The van der Waals surface area contributed by atoms with Crippen LogP contribution in [0.25, 0.3) is 0 Å². The number of aliphatic hydroxyl groups excluding tert-OH is 4. The molecule has 68 heavy (non-hydrogen) atoms. The van der Waals surface area contributed by atoms with E-state index in [9.17, 15) is 53.7 Å². The maximum absolute atomic E-state index is 12.8. The standard InChI is InChI=1S/C46H83N3O17P2/c1-3-5-7-9-11-12-13-14-15-16-17-21-26-30-42(53)64-36(33-61-41(52)29-25-22-18-20-24-28-38(51)37(50)27-23-19-10-8-6-4-2)34-62-67(57,58)66-68(59,60)63-35-39-43(54)44(55)45(65-39)49-32-31-40(47)48-46(49)56/h19,23,31-32,36-39,43-45,50-51,54-55H,3-18,20-22,24-30,33-35H2,1-2H3,(H,57,58)(H,59,60)(H2,47,48,56)/b23-19-/t36-,37-,38-,39-,43-,44-,45-/m1/s1. The lowest BCUT2D eigenvalue weighted by atomic mass is 10.0. The highest BCUT2D eigenvalue weighted by Crippen LogP contribution is 2.60. The van der Waals surface area contributed by atoms with Gasteiger partial charge in [-0.3, -0.25) is 23.2 Å². The molecule has 0 spiro atoms. The first-order valence-corrected chi connectivity index (χ1v) is 27.9. The average molecular weight is 1010 g/mol. The molecule has 20 nitrogen and oxygen atoms in total. The highest BCUT2D eigenvalue weighted by molar-refractivity contribution is 7.61. The molecule has 0 amide bonds. The van der Waals surface area contributed by atoms with Crippen LogP contribution in [0.5, 0.6) is 0 Å². The van der Waals surface area contributed by atoms with Crippen molar-refractivity contribution in [3.8, 4) is 0 Å². The molecule has 2 rings (SSSR count). The number of nitrogens with zero attached hydrogens (tertiary/aromatic N) is 2. The number of carbonyl (C=O) groups excluding carboxylic acids is 2. The minimum absolute atomic E-state index is 0.0233. The van der Waals surface area contributed by atoms with Crippen molar-refractivity contribution in [1.82, 2.24) is 9.55 Å². The largest absolute Gasteiger partial charge is 0.481 e. The van der Waals surface area contributed by atoms with Crippen LogP contribution in [0.4, 0.5) is 5.82 Å². The Morgan fingerprint density at radius 2 is 1.29 bits per heavy atom. The van der Waals surface area contributed by atoms with Gasteiger partial charge in [-0.25, -0.2) is 13.9 Å². The molecular weight excluding hydrogens is 928 g/mol. The SMILES string of the molecule is CCCCC/C=C\C[C@@H](O)[C@H](O)CCCCCCCC(=O)OC[C@H](COP(=O)(O)OP(=O)(O)OC[C@H]1O[C@@H](n2ccc(N)nc2=O)[C@H](O)[C@@H]1O)OC(=O)CCCCCCCCCCCCCCC. The number of phosphoric acid groups is 2. The minimum atomic E-state index is -5.45. The number of ether oxygens (including phenoxy) is 3. The van der Waals surface area contributed by atoms with Crippen molar-refractivity contribution in [2.45, 2.75) is 224 Å². The number of rotatable bonds is 41. The molecule has 1 aliphatic rings. The lowest BCUT2D eigenvalue weighted by Crippen LogP contribution is -2.36. The van der Waals surface area contributed by atoms with Gasteiger partial charge < -0.3 is 50.2 Å². The van der Waals surface area contributed by atoms with E-state index in [1.54, 1.807) is 0 Å². The Morgan fingerprint density at radius 3 is 1.90 bits per heavy atom. The Labute approximate surface area is 402 Å². The van der Waals surface area contributed by atoms with Crippen LogP contribution in [0.3, 0.4) is 0 Å². The number of nitrogens with two attached hydrogens (primary N) is 1. The third-order valence-corrected chi connectivity index (χ3v) is 14.2. The normalized spacial score (nSPS) is 20.5. The number of aliphatic hydroxyl groups is 4. The molecule has 1 aromatic heterocycles. The molecular formula is C46H83N3O17P2. The number of phosphoric ester groups is 2. The first-order chi connectivity index (χ1) is 32.5. The summed E-state index contributed by atoms with van der Waals surface area (Å²) in [6.07, 6.45) is 18.8. The van der Waals surface area contributed by atoms with E-state index in [0.717, 1.165) is 75.0 Å². The Morgan fingerprint density at radius 1 is 0.750 bits per heavy atom. The molecule has 1 fully saturated rings. The molecule has 0 aliphatic carbocycles. The molecule has 394 valence electrons. The molecule has 9 atom stereocenters. The van der Waals surface area contributed by atoms with E-state index < -0.39 is 95.9 Å². The van der Waals surface area contributed by atoms with E-state index in [4.69, 9.17) is 29.0 Å². The van der Waals surface area contributed by atoms with Gasteiger partial charge in [-0.2, -0.15) is 9.29 Å². The van der Waals surface area contributed by atoms with Gasteiger partial charge in [-0.15, -0.1) is 0 Å². The molecule has 8 N–H and O–H groups in total. The average Bonchev–Trinajstić information content (AvgIpc) is 3.57. The Hall–Kier alpha value is -2.58. The summed E-state index contributed by atoms with van der Waals surface area (Å²) in [4.78, 5) is 61.8. The van der Waals surface area contributed by atoms with E-state index >= 15 is 0 Å². The predicted molar refractivity (Wildman–Crippen MR) is 255 cm³/mol. The number of aromatic nitrogens is 2. The smallest absolute Gasteiger partial charge is 0.462 e. The van der Waals surface area contributed by atoms with Gasteiger partial charge in [0, 0.05) is 19.0 Å². The van der Waals surface area contributed by atoms with E-state index in [1.165, 1.54) is 57.4 Å². The van der Waals surface area contributed by atoms with Gasteiger partial charge in [0.15, 0.2) is 12.3 Å². The number of hydrogen-bond acceptors (Lipinski definition) is 17. The van der Waals surface area contributed by atoms with E-state index in [0.29, 0.717) is 38.5 Å². The second kappa shape index (κ2) is 35.5. The Kier molecular flexibility index (Phi) is 32.1. The van der Waals surface area contributed by atoms with Crippen molar-refractivity contribution in [1.29, 1.82) is 0 Å².